The highest BCUT2D eigenvalue weighted by Gasteiger charge is 2.20. The van der Waals surface area contributed by atoms with Crippen molar-refractivity contribution >= 4 is 0 Å². The van der Waals surface area contributed by atoms with E-state index in [0.717, 1.165) is 35.9 Å². The Bertz CT molecular complexity index is 553. The van der Waals surface area contributed by atoms with Gasteiger partial charge in [0.2, 0.25) is 0 Å². The maximum Gasteiger partial charge on any atom is 0.106 e. The Morgan fingerprint density at radius 3 is 2.76 bits per heavy atom. The Morgan fingerprint density at radius 2 is 2.19 bits per heavy atom. The fourth-order valence-electron chi connectivity index (χ4n) is 2.40. The Kier molecular flexibility index (Phi) is 5.47. The summed E-state index contributed by atoms with van der Waals surface area (Å²) in [5.41, 5.74) is 3.24. The van der Waals surface area contributed by atoms with E-state index in [1.807, 2.05) is 24.4 Å². The van der Waals surface area contributed by atoms with Gasteiger partial charge in [0.1, 0.15) is 5.82 Å². The van der Waals surface area contributed by atoms with Crippen molar-refractivity contribution in [3.8, 4) is 0 Å². The van der Waals surface area contributed by atoms with E-state index in [0.29, 0.717) is 6.61 Å². The molecule has 0 saturated carbocycles. The van der Waals surface area contributed by atoms with E-state index in [4.69, 9.17) is 4.74 Å². The Morgan fingerprint density at radius 1 is 1.38 bits per heavy atom. The van der Waals surface area contributed by atoms with Crippen molar-refractivity contribution in [2.45, 2.75) is 32.9 Å². The second-order valence-corrected chi connectivity index (χ2v) is 5.25. The maximum atomic E-state index is 5.36. The fourth-order valence-corrected chi connectivity index (χ4v) is 2.40. The highest BCUT2D eigenvalue weighted by atomic mass is 16.5. The molecule has 21 heavy (non-hydrogen) atoms. The molecule has 114 valence electrons. The molecule has 5 nitrogen and oxygen atoms in total. The van der Waals surface area contributed by atoms with Crippen LogP contribution in [0.1, 0.15) is 35.9 Å². The minimum absolute atomic E-state index is 0.123. The van der Waals surface area contributed by atoms with Crippen LogP contribution in [0, 0.1) is 6.92 Å². The van der Waals surface area contributed by atoms with Gasteiger partial charge in [-0.15, -0.1) is 0 Å². The number of aryl methyl sites for hydroxylation is 2. The van der Waals surface area contributed by atoms with Crippen LogP contribution < -0.4 is 0 Å². The van der Waals surface area contributed by atoms with E-state index in [-0.39, 0.29) is 6.04 Å². The predicted octanol–water partition coefficient (Wildman–Crippen LogP) is 2.50. The van der Waals surface area contributed by atoms with Crippen molar-refractivity contribution in [3.63, 3.8) is 0 Å². The van der Waals surface area contributed by atoms with Crippen LogP contribution in [0.5, 0.6) is 0 Å². The number of nitrogens with zero attached hydrogens (tertiary/aromatic N) is 3. The Hall–Kier alpha value is -1.72. The summed E-state index contributed by atoms with van der Waals surface area (Å²) in [6, 6.07) is 6.10. The van der Waals surface area contributed by atoms with Crippen LogP contribution >= 0.6 is 0 Å². The standard InChI is InChI=1S/C16H24N4O/c1-5-16-18-12(2)14(19-16)10-20(3)15(11-21-4)13-8-6-7-9-17-13/h6-9,15H,5,10-11H2,1-4H3,(H,18,19). The lowest BCUT2D eigenvalue weighted by Gasteiger charge is -2.26. The molecule has 0 aliphatic heterocycles. The molecule has 1 N–H and O–H groups in total. The van der Waals surface area contributed by atoms with Crippen LogP contribution in [-0.2, 0) is 17.7 Å². The van der Waals surface area contributed by atoms with Gasteiger partial charge in [-0.25, -0.2) is 4.98 Å². The molecule has 0 bridgehead atoms. The van der Waals surface area contributed by atoms with Gasteiger partial charge in [0.05, 0.1) is 24.0 Å². The van der Waals surface area contributed by atoms with Gasteiger partial charge < -0.3 is 9.72 Å². The summed E-state index contributed by atoms with van der Waals surface area (Å²) >= 11 is 0. The lowest BCUT2D eigenvalue weighted by atomic mass is 10.1. The Balaban J connectivity index is 2.15. The summed E-state index contributed by atoms with van der Waals surface area (Å²) in [5, 5.41) is 0. The lowest BCUT2D eigenvalue weighted by molar-refractivity contribution is 0.0992. The number of hydrogen-bond acceptors (Lipinski definition) is 4. The number of aromatic nitrogens is 3. The van der Waals surface area contributed by atoms with Crippen molar-refractivity contribution < 1.29 is 4.74 Å². The summed E-state index contributed by atoms with van der Waals surface area (Å²) in [6.45, 7) is 5.55. The molecule has 0 aromatic carbocycles. The summed E-state index contributed by atoms with van der Waals surface area (Å²) in [7, 11) is 3.80. The molecule has 0 aliphatic rings. The van der Waals surface area contributed by atoms with Gasteiger partial charge in [0.15, 0.2) is 0 Å². The van der Waals surface area contributed by atoms with Gasteiger partial charge in [0, 0.05) is 32.0 Å². The van der Waals surface area contributed by atoms with Crippen LogP contribution in [0.25, 0.3) is 0 Å². The molecule has 5 heteroatoms. The smallest absolute Gasteiger partial charge is 0.106 e. The average Bonchev–Trinajstić information content (AvgIpc) is 2.86. The van der Waals surface area contributed by atoms with Crippen LogP contribution in [0.15, 0.2) is 24.4 Å². The number of imidazole rings is 1. The van der Waals surface area contributed by atoms with Gasteiger partial charge in [0.25, 0.3) is 0 Å². The first-order valence-electron chi connectivity index (χ1n) is 7.30. The van der Waals surface area contributed by atoms with Crippen molar-refractivity contribution in [2.75, 3.05) is 20.8 Å². The molecule has 1 unspecified atom stereocenters. The molecule has 0 aliphatic carbocycles. The first-order valence-corrected chi connectivity index (χ1v) is 7.30. The molecule has 0 amide bonds. The van der Waals surface area contributed by atoms with E-state index in [1.165, 1.54) is 0 Å². The van der Waals surface area contributed by atoms with E-state index < -0.39 is 0 Å². The monoisotopic (exact) mass is 288 g/mol. The van der Waals surface area contributed by atoms with Crippen LogP contribution in [0.4, 0.5) is 0 Å². The molecule has 0 fully saturated rings. The highest BCUT2D eigenvalue weighted by Crippen LogP contribution is 2.20. The topological polar surface area (TPSA) is 54.0 Å². The second-order valence-electron chi connectivity index (χ2n) is 5.25. The maximum absolute atomic E-state index is 5.36. The molecule has 2 aromatic heterocycles. The summed E-state index contributed by atoms with van der Waals surface area (Å²) in [5.74, 6) is 1.04. The third-order valence-corrected chi connectivity index (χ3v) is 3.65. The molecule has 0 spiro atoms. The number of likely N-dealkylation sites (N-methyl/N-ethyl adjacent to an activating group) is 1. The van der Waals surface area contributed by atoms with Gasteiger partial charge in [-0.1, -0.05) is 13.0 Å². The van der Waals surface area contributed by atoms with E-state index in [9.17, 15) is 0 Å². The number of rotatable bonds is 7. The van der Waals surface area contributed by atoms with Gasteiger partial charge >= 0.3 is 0 Å². The van der Waals surface area contributed by atoms with E-state index in [1.54, 1.807) is 7.11 Å². The zero-order valence-electron chi connectivity index (χ0n) is 13.3. The number of aromatic amines is 1. The van der Waals surface area contributed by atoms with E-state index >= 15 is 0 Å². The molecule has 1 atom stereocenters. The normalized spacial score (nSPS) is 12.8. The largest absolute Gasteiger partial charge is 0.383 e. The van der Waals surface area contributed by atoms with Crippen molar-refractivity contribution in [1.82, 2.24) is 19.9 Å². The quantitative estimate of drug-likeness (QED) is 0.850. The zero-order valence-corrected chi connectivity index (χ0v) is 13.3. The molecule has 0 radical (unpaired) electrons. The zero-order chi connectivity index (χ0) is 15.2. The molecule has 2 rings (SSSR count). The van der Waals surface area contributed by atoms with Crippen molar-refractivity contribution in [2.24, 2.45) is 0 Å². The number of H-pyrrole nitrogens is 1. The highest BCUT2D eigenvalue weighted by molar-refractivity contribution is 5.14. The van der Waals surface area contributed by atoms with Gasteiger partial charge in [-0.05, 0) is 26.1 Å². The van der Waals surface area contributed by atoms with Crippen molar-refractivity contribution in [1.29, 1.82) is 0 Å². The molecular weight excluding hydrogens is 264 g/mol. The summed E-state index contributed by atoms with van der Waals surface area (Å²) < 4.78 is 5.36. The minimum atomic E-state index is 0.123. The predicted molar refractivity (Wildman–Crippen MR) is 83.0 cm³/mol. The number of pyridine rings is 1. The van der Waals surface area contributed by atoms with E-state index in [2.05, 4.69) is 40.7 Å². The van der Waals surface area contributed by atoms with Gasteiger partial charge in [-0.3, -0.25) is 9.88 Å². The Labute approximate surface area is 126 Å². The van der Waals surface area contributed by atoms with Crippen molar-refractivity contribution in [3.05, 3.63) is 47.3 Å². The first kappa shape index (κ1) is 15.7. The second kappa shape index (κ2) is 7.33. The van der Waals surface area contributed by atoms with Crippen LogP contribution in [0.3, 0.4) is 0 Å². The molecule has 0 saturated heterocycles. The fraction of sp³-hybridized carbons (Fsp3) is 0.500. The van der Waals surface area contributed by atoms with Gasteiger partial charge in [-0.2, -0.15) is 0 Å². The number of nitrogens with one attached hydrogen (secondary N) is 1. The SMILES string of the molecule is CCc1nc(CN(C)C(COC)c2ccccn2)c(C)[nH]1. The molecular formula is C16H24N4O. The minimum Gasteiger partial charge on any atom is -0.383 e. The molecule has 2 heterocycles. The third kappa shape index (κ3) is 3.89. The van der Waals surface area contributed by atoms with Crippen LogP contribution in [0.2, 0.25) is 0 Å². The summed E-state index contributed by atoms with van der Waals surface area (Å²) in [4.78, 5) is 14.7. The first-order chi connectivity index (χ1) is 10.2. The number of methoxy groups -OCH3 is 1. The molecule has 2 aromatic rings. The summed E-state index contributed by atoms with van der Waals surface area (Å²) in [6.07, 6.45) is 2.74. The van der Waals surface area contributed by atoms with Crippen LogP contribution in [-0.4, -0.2) is 40.6 Å². The number of hydrogen-bond donors (Lipinski definition) is 1. The average molecular weight is 288 g/mol. The third-order valence-electron chi connectivity index (χ3n) is 3.65. The number of ether oxygens (including phenoxy) is 1. The lowest BCUT2D eigenvalue weighted by Crippen LogP contribution is -2.28.